The van der Waals surface area contributed by atoms with E-state index in [0.717, 1.165) is 9.35 Å². The van der Waals surface area contributed by atoms with Crippen LogP contribution in [0.15, 0.2) is 22.5 Å². The molecule has 0 aliphatic heterocycles. The molecule has 102 valence electrons. The third-order valence-corrected chi connectivity index (χ3v) is 4.48. The lowest BCUT2D eigenvalue weighted by Crippen LogP contribution is -2.01. The molecule has 1 aromatic heterocycles. The molecule has 0 aliphatic carbocycles. The van der Waals surface area contributed by atoms with Gasteiger partial charge in [-0.15, -0.1) is 10.2 Å². The van der Waals surface area contributed by atoms with Gasteiger partial charge in [-0.2, -0.15) is 0 Å². The summed E-state index contributed by atoms with van der Waals surface area (Å²) in [6.07, 6.45) is -0.755. The first-order valence-corrected chi connectivity index (χ1v) is 7.34. The summed E-state index contributed by atoms with van der Waals surface area (Å²) in [6.45, 7) is 1.87. The summed E-state index contributed by atoms with van der Waals surface area (Å²) in [4.78, 5) is 0. The lowest BCUT2D eigenvalue weighted by atomic mass is 10.1. The third kappa shape index (κ3) is 3.65. The number of aromatic nitrogens is 2. The largest absolute Gasteiger partial charge is 0.494 e. The molecule has 0 bridgehead atoms. The minimum absolute atomic E-state index is 0.170. The fourth-order valence-corrected chi connectivity index (χ4v) is 3.28. The van der Waals surface area contributed by atoms with E-state index < -0.39 is 11.9 Å². The van der Waals surface area contributed by atoms with E-state index in [9.17, 15) is 9.50 Å². The molecule has 0 radical (unpaired) electrons. The highest BCUT2D eigenvalue weighted by Gasteiger charge is 2.13. The van der Waals surface area contributed by atoms with Gasteiger partial charge in [0.05, 0.1) is 13.2 Å². The molecule has 4 nitrogen and oxygen atoms in total. The number of aryl methyl sites for hydroxylation is 1. The zero-order chi connectivity index (χ0) is 13.8. The number of rotatable bonds is 5. The van der Waals surface area contributed by atoms with E-state index in [-0.39, 0.29) is 5.75 Å². The van der Waals surface area contributed by atoms with Crippen molar-refractivity contribution >= 4 is 23.1 Å². The van der Waals surface area contributed by atoms with Crippen LogP contribution < -0.4 is 4.74 Å². The molecule has 0 saturated heterocycles. The number of ether oxygens (including phenoxy) is 1. The highest BCUT2D eigenvalue weighted by molar-refractivity contribution is 8.01. The van der Waals surface area contributed by atoms with E-state index >= 15 is 0 Å². The highest BCUT2D eigenvalue weighted by atomic mass is 32.2. The molecule has 0 fully saturated rings. The monoisotopic (exact) mass is 300 g/mol. The Labute approximate surface area is 118 Å². The van der Waals surface area contributed by atoms with Gasteiger partial charge >= 0.3 is 0 Å². The van der Waals surface area contributed by atoms with Crippen molar-refractivity contribution in [2.75, 3.05) is 12.9 Å². The second-order valence-electron chi connectivity index (χ2n) is 3.81. The first-order valence-electron chi connectivity index (χ1n) is 5.54. The molecular weight excluding hydrogens is 287 g/mol. The summed E-state index contributed by atoms with van der Waals surface area (Å²) in [7, 11) is 1.40. The predicted molar refractivity (Wildman–Crippen MR) is 73.3 cm³/mol. The lowest BCUT2D eigenvalue weighted by Gasteiger charge is -2.10. The molecule has 0 spiro atoms. The molecule has 1 atom stereocenters. The van der Waals surface area contributed by atoms with Crippen molar-refractivity contribution in [3.05, 3.63) is 34.6 Å². The molecule has 1 aromatic carbocycles. The van der Waals surface area contributed by atoms with Crippen LogP contribution in [0.2, 0.25) is 0 Å². The van der Waals surface area contributed by atoms with E-state index in [2.05, 4.69) is 10.2 Å². The van der Waals surface area contributed by atoms with Crippen LogP contribution in [-0.4, -0.2) is 28.2 Å². The van der Waals surface area contributed by atoms with Crippen LogP contribution in [-0.2, 0) is 0 Å². The Balaban J connectivity index is 1.99. The molecule has 19 heavy (non-hydrogen) atoms. The topological polar surface area (TPSA) is 55.2 Å². The summed E-state index contributed by atoms with van der Waals surface area (Å²) in [5, 5.41) is 18.7. The maximum Gasteiger partial charge on any atom is 0.174 e. The van der Waals surface area contributed by atoms with Gasteiger partial charge in [0.2, 0.25) is 0 Å². The average molecular weight is 300 g/mol. The van der Waals surface area contributed by atoms with Crippen molar-refractivity contribution in [1.82, 2.24) is 10.2 Å². The minimum atomic E-state index is -0.755. The molecular formula is C12H13FN2O2S2. The van der Waals surface area contributed by atoms with Gasteiger partial charge in [-0.1, -0.05) is 29.2 Å². The van der Waals surface area contributed by atoms with Gasteiger partial charge < -0.3 is 9.84 Å². The maximum absolute atomic E-state index is 13.5. The smallest absolute Gasteiger partial charge is 0.174 e. The van der Waals surface area contributed by atoms with Gasteiger partial charge in [-0.05, 0) is 24.6 Å². The van der Waals surface area contributed by atoms with Crippen molar-refractivity contribution < 1.29 is 14.2 Å². The van der Waals surface area contributed by atoms with Crippen LogP contribution in [0.3, 0.4) is 0 Å². The first-order chi connectivity index (χ1) is 9.10. The second-order valence-corrected chi connectivity index (χ2v) is 6.26. The maximum atomic E-state index is 13.5. The van der Waals surface area contributed by atoms with Gasteiger partial charge in [-0.25, -0.2) is 4.39 Å². The summed E-state index contributed by atoms with van der Waals surface area (Å²) >= 11 is 2.87. The number of halogens is 1. The van der Waals surface area contributed by atoms with E-state index in [0.29, 0.717) is 11.3 Å². The Hall–Kier alpha value is -1.18. The van der Waals surface area contributed by atoms with Crippen LogP contribution in [0.5, 0.6) is 5.75 Å². The molecule has 0 saturated carbocycles. The van der Waals surface area contributed by atoms with Crippen LogP contribution >= 0.6 is 23.1 Å². The summed E-state index contributed by atoms with van der Waals surface area (Å²) in [6, 6.07) is 4.45. The van der Waals surface area contributed by atoms with Crippen LogP contribution in [0.25, 0.3) is 0 Å². The Kier molecular flexibility index (Phi) is 4.73. The minimum Gasteiger partial charge on any atom is -0.494 e. The molecule has 0 amide bonds. The fourth-order valence-electron chi connectivity index (χ4n) is 1.47. The summed E-state index contributed by atoms with van der Waals surface area (Å²) in [5.74, 6) is 0.0968. The number of nitrogens with zero attached hydrogens (tertiary/aromatic N) is 2. The second kappa shape index (κ2) is 6.31. The molecule has 2 aromatic rings. The predicted octanol–water partition coefficient (Wildman–Crippen LogP) is 2.82. The van der Waals surface area contributed by atoms with Crippen molar-refractivity contribution in [3.63, 3.8) is 0 Å². The van der Waals surface area contributed by atoms with Crippen LogP contribution in [0.1, 0.15) is 16.7 Å². The van der Waals surface area contributed by atoms with Crippen LogP contribution in [0, 0.1) is 12.7 Å². The Morgan fingerprint density at radius 1 is 1.47 bits per heavy atom. The fraction of sp³-hybridized carbons (Fsp3) is 0.333. The lowest BCUT2D eigenvalue weighted by molar-refractivity contribution is 0.203. The Morgan fingerprint density at radius 2 is 2.26 bits per heavy atom. The van der Waals surface area contributed by atoms with Gasteiger partial charge in [-0.3, -0.25) is 0 Å². The summed E-state index contributed by atoms with van der Waals surface area (Å²) in [5.41, 5.74) is 0.520. The van der Waals surface area contributed by atoms with Gasteiger partial charge in [0.15, 0.2) is 15.9 Å². The van der Waals surface area contributed by atoms with Gasteiger partial charge in [0, 0.05) is 5.75 Å². The number of benzene rings is 1. The first kappa shape index (κ1) is 14.2. The van der Waals surface area contributed by atoms with Gasteiger partial charge in [0.25, 0.3) is 0 Å². The number of methoxy groups -OCH3 is 1. The van der Waals surface area contributed by atoms with Crippen molar-refractivity contribution in [2.45, 2.75) is 17.4 Å². The zero-order valence-corrected chi connectivity index (χ0v) is 12.1. The van der Waals surface area contributed by atoms with Crippen molar-refractivity contribution in [3.8, 4) is 5.75 Å². The highest BCUT2D eigenvalue weighted by Crippen LogP contribution is 2.28. The SMILES string of the molecule is COc1ccc(C(O)CSc2nnc(C)s2)cc1F. The molecule has 1 heterocycles. The quantitative estimate of drug-likeness (QED) is 0.861. The summed E-state index contributed by atoms with van der Waals surface area (Å²) < 4.78 is 19.1. The van der Waals surface area contributed by atoms with E-state index in [1.54, 1.807) is 6.07 Å². The van der Waals surface area contributed by atoms with E-state index in [4.69, 9.17) is 4.74 Å². The zero-order valence-electron chi connectivity index (χ0n) is 10.5. The Bertz CT molecular complexity index is 562. The number of aliphatic hydroxyl groups excluding tert-OH is 1. The standard InChI is InChI=1S/C12H13FN2O2S2/c1-7-14-15-12(19-7)18-6-10(16)8-3-4-11(17-2)9(13)5-8/h3-5,10,16H,6H2,1-2H3. The van der Waals surface area contributed by atoms with E-state index in [1.165, 1.54) is 42.3 Å². The van der Waals surface area contributed by atoms with Gasteiger partial charge in [0.1, 0.15) is 5.01 Å². The van der Waals surface area contributed by atoms with Crippen molar-refractivity contribution in [1.29, 1.82) is 0 Å². The van der Waals surface area contributed by atoms with Crippen molar-refractivity contribution in [2.24, 2.45) is 0 Å². The Morgan fingerprint density at radius 3 is 2.84 bits per heavy atom. The normalized spacial score (nSPS) is 12.4. The number of aliphatic hydroxyl groups is 1. The number of hydrogen-bond donors (Lipinski definition) is 1. The third-order valence-electron chi connectivity index (χ3n) is 2.43. The average Bonchev–Trinajstić information content (AvgIpc) is 2.81. The molecule has 2 rings (SSSR count). The molecule has 0 aliphatic rings. The number of thioether (sulfide) groups is 1. The molecule has 7 heteroatoms. The van der Waals surface area contributed by atoms with Crippen LogP contribution in [0.4, 0.5) is 4.39 Å². The van der Waals surface area contributed by atoms with E-state index in [1.807, 2.05) is 6.92 Å². The molecule has 1 N–H and O–H groups in total. The number of hydrogen-bond acceptors (Lipinski definition) is 6. The molecule has 1 unspecified atom stereocenters.